The summed E-state index contributed by atoms with van der Waals surface area (Å²) in [6.07, 6.45) is -1.88. The van der Waals surface area contributed by atoms with Gasteiger partial charge in [0.2, 0.25) is 0 Å². The molecular weight excluding hydrogens is 316 g/mol. The number of nitrogen functional groups attached to an aromatic ring is 1. The molecule has 0 radical (unpaired) electrons. The molecule has 2 aromatic rings. The number of aliphatic hydroxyl groups is 4. The lowest BCUT2D eigenvalue weighted by Gasteiger charge is -2.29. The monoisotopic (exact) mass is 338 g/mol. The van der Waals surface area contributed by atoms with E-state index >= 15 is 0 Å². The highest BCUT2D eigenvalue weighted by Gasteiger charge is 2.17. The third-order valence-corrected chi connectivity index (χ3v) is 4.20. The number of thiophene rings is 1. The zero-order valence-electron chi connectivity index (χ0n) is 12.7. The Bertz CT molecular complexity index is 594. The first-order valence-electron chi connectivity index (χ1n) is 7.30. The number of rotatable bonds is 8. The van der Waals surface area contributed by atoms with Crippen LogP contribution in [0.1, 0.15) is 0 Å². The summed E-state index contributed by atoms with van der Waals surface area (Å²) in [5, 5.41) is 41.5. The maximum absolute atomic E-state index is 9.72. The fourth-order valence-electron chi connectivity index (χ4n) is 2.32. The Morgan fingerprint density at radius 3 is 2.22 bits per heavy atom. The van der Waals surface area contributed by atoms with E-state index in [0.717, 1.165) is 16.8 Å². The van der Waals surface area contributed by atoms with Crippen LogP contribution in [0.2, 0.25) is 0 Å². The van der Waals surface area contributed by atoms with E-state index in [2.05, 4.69) is 0 Å². The van der Waals surface area contributed by atoms with E-state index in [9.17, 15) is 10.2 Å². The molecule has 0 aliphatic carbocycles. The van der Waals surface area contributed by atoms with E-state index in [0.29, 0.717) is 5.69 Å². The molecule has 0 saturated carbocycles. The van der Waals surface area contributed by atoms with Crippen molar-refractivity contribution in [2.24, 2.45) is 0 Å². The van der Waals surface area contributed by atoms with Gasteiger partial charge in [-0.1, -0.05) is 0 Å². The zero-order valence-corrected chi connectivity index (χ0v) is 13.5. The quantitative estimate of drug-likeness (QED) is 0.449. The van der Waals surface area contributed by atoms with Crippen molar-refractivity contribution in [3.05, 3.63) is 35.0 Å². The van der Waals surface area contributed by atoms with Gasteiger partial charge in [0.1, 0.15) is 0 Å². The number of benzene rings is 1. The standard InChI is InChI=1S/C16H22N2O4S/c17-16-2-1-12(5-15(16)11-3-4-23-10-11)18(6-13(21)8-19)7-14(22)9-20/h1-5,10,13-14,19-22H,6-9,17H2. The van der Waals surface area contributed by atoms with E-state index in [4.69, 9.17) is 15.9 Å². The van der Waals surface area contributed by atoms with E-state index < -0.39 is 12.2 Å². The van der Waals surface area contributed by atoms with E-state index in [1.54, 1.807) is 28.4 Å². The molecule has 1 aromatic carbocycles. The Morgan fingerprint density at radius 1 is 1.04 bits per heavy atom. The molecule has 1 heterocycles. The average molecular weight is 338 g/mol. The smallest absolute Gasteiger partial charge is 0.0945 e. The molecule has 6 N–H and O–H groups in total. The number of hydrogen-bond donors (Lipinski definition) is 5. The predicted molar refractivity (Wildman–Crippen MR) is 92.6 cm³/mol. The van der Waals surface area contributed by atoms with Crippen LogP contribution >= 0.6 is 11.3 Å². The lowest BCUT2D eigenvalue weighted by atomic mass is 10.1. The average Bonchev–Trinajstić information content (AvgIpc) is 3.08. The highest BCUT2D eigenvalue weighted by atomic mass is 32.1. The third-order valence-electron chi connectivity index (χ3n) is 3.52. The third kappa shape index (κ3) is 4.66. The van der Waals surface area contributed by atoms with Crippen LogP contribution in [0.5, 0.6) is 0 Å². The van der Waals surface area contributed by atoms with Crippen LogP contribution in [-0.4, -0.2) is 58.9 Å². The Morgan fingerprint density at radius 2 is 1.70 bits per heavy atom. The van der Waals surface area contributed by atoms with Crippen molar-refractivity contribution in [2.75, 3.05) is 36.9 Å². The SMILES string of the molecule is Nc1ccc(N(CC(O)CO)CC(O)CO)cc1-c1ccsc1. The van der Waals surface area contributed by atoms with Gasteiger partial charge in [0.05, 0.1) is 25.4 Å². The number of nitrogens with two attached hydrogens (primary N) is 1. The fraction of sp³-hybridized carbons (Fsp3) is 0.375. The van der Waals surface area contributed by atoms with Crippen molar-refractivity contribution in [3.8, 4) is 11.1 Å². The van der Waals surface area contributed by atoms with Crippen LogP contribution < -0.4 is 10.6 Å². The van der Waals surface area contributed by atoms with Crippen LogP contribution in [0, 0.1) is 0 Å². The maximum atomic E-state index is 9.72. The molecular formula is C16H22N2O4S. The van der Waals surface area contributed by atoms with Crippen LogP contribution in [0.25, 0.3) is 11.1 Å². The number of aliphatic hydroxyl groups excluding tert-OH is 4. The summed E-state index contributed by atoms with van der Waals surface area (Å²) in [6.45, 7) is -0.475. The summed E-state index contributed by atoms with van der Waals surface area (Å²) in [4.78, 5) is 1.72. The van der Waals surface area contributed by atoms with Gasteiger partial charge in [0.25, 0.3) is 0 Å². The Hall–Kier alpha value is -1.64. The molecule has 0 saturated heterocycles. The van der Waals surface area contributed by atoms with Gasteiger partial charge in [-0.05, 0) is 40.6 Å². The normalized spacial score (nSPS) is 13.7. The van der Waals surface area contributed by atoms with Gasteiger partial charge >= 0.3 is 0 Å². The molecule has 7 heteroatoms. The molecule has 0 bridgehead atoms. The molecule has 6 nitrogen and oxygen atoms in total. The van der Waals surface area contributed by atoms with Crippen molar-refractivity contribution in [2.45, 2.75) is 12.2 Å². The topological polar surface area (TPSA) is 110 Å². The molecule has 0 amide bonds. The summed E-state index contributed by atoms with van der Waals surface area (Å²) in [5.41, 5.74) is 9.30. The molecule has 0 spiro atoms. The predicted octanol–water partition coefficient (Wildman–Crippen LogP) is 0.510. The van der Waals surface area contributed by atoms with Crippen molar-refractivity contribution in [1.82, 2.24) is 0 Å². The van der Waals surface area contributed by atoms with Crippen LogP contribution in [0.3, 0.4) is 0 Å². The van der Waals surface area contributed by atoms with Gasteiger partial charge in [-0.15, -0.1) is 0 Å². The van der Waals surface area contributed by atoms with Crippen LogP contribution in [0.15, 0.2) is 35.0 Å². The molecule has 2 rings (SSSR count). The summed E-state index contributed by atoms with van der Waals surface area (Å²) in [5.74, 6) is 0. The Labute approximate surface area is 139 Å². The second-order valence-electron chi connectivity index (χ2n) is 5.36. The second kappa shape index (κ2) is 8.28. The van der Waals surface area contributed by atoms with Gasteiger partial charge in [-0.3, -0.25) is 0 Å². The van der Waals surface area contributed by atoms with Gasteiger partial charge in [-0.2, -0.15) is 11.3 Å². The van der Waals surface area contributed by atoms with Gasteiger partial charge in [0.15, 0.2) is 0 Å². The van der Waals surface area contributed by atoms with E-state index in [1.165, 1.54) is 0 Å². The molecule has 23 heavy (non-hydrogen) atoms. The molecule has 0 fully saturated rings. The number of nitrogens with zero attached hydrogens (tertiary/aromatic N) is 1. The van der Waals surface area contributed by atoms with E-state index in [-0.39, 0.29) is 26.3 Å². The van der Waals surface area contributed by atoms with Crippen LogP contribution in [0.4, 0.5) is 11.4 Å². The Balaban J connectivity index is 2.32. The van der Waals surface area contributed by atoms with Crippen LogP contribution in [-0.2, 0) is 0 Å². The molecule has 1 aromatic heterocycles. The number of anilines is 2. The minimum absolute atomic E-state index is 0.139. The first-order valence-corrected chi connectivity index (χ1v) is 8.24. The van der Waals surface area contributed by atoms with Gasteiger partial charge in [0, 0.05) is 30.0 Å². The Kier molecular flexibility index (Phi) is 6.37. The minimum atomic E-state index is -0.942. The minimum Gasteiger partial charge on any atom is -0.398 e. The molecule has 0 aliphatic heterocycles. The van der Waals surface area contributed by atoms with Crippen molar-refractivity contribution < 1.29 is 20.4 Å². The fourth-order valence-corrected chi connectivity index (χ4v) is 2.97. The number of hydrogen-bond acceptors (Lipinski definition) is 7. The molecule has 0 aliphatic rings. The largest absolute Gasteiger partial charge is 0.398 e. The summed E-state index contributed by atoms with van der Waals surface area (Å²) >= 11 is 1.57. The summed E-state index contributed by atoms with van der Waals surface area (Å²) < 4.78 is 0. The van der Waals surface area contributed by atoms with Crippen molar-refractivity contribution in [3.63, 3.8) is 0 Å². The second-order valence-corrected chi connectivity index (χ2v) is 6.14. The maximum Gasteiger partial charge on any atom is 0.0945 e. The summed E-state index contributed by atoms with van der Waals surface area (Å²) in [7, 11) is 0. The zero-order chi connectivity index (χ0) is 16.8. The molecule has 2 atom stereocenters. The molecule has 126 valence electrons. The van der Waals surface area contributed by atoms with E-state index in [1.807, 2.05) is 22.9 Å². The first-order chi connectivity index (χ1) is 11.0. The highest BCUT2D eigenvalue weighted by Crippen LogP contribution is 2.31. The van der Waals surface area contributed by atoms with Gasteiger partial charge < -0.3 is 31.1 Å². The van der Waals surface area contributed by atoms with Crippen molar-refractivity contribution in [1.29, 1.82) is 0 Å². The molecule has 2 unspecified atom stereocenters. The van der Waals surface area contributed by atoms with Gasteiger partial charge in [-0.25, -0.2) is 0 Å². The summed E-state index contributed by atoms with van der Waals surface area (Å²) in [6, 6.07) is 7.41. The highest BCUT2D eigenvalue weighted by molar-refractivity contribution is 7.08. The lowest BCUT2D eigenvalue weighted by Crippen LogP contribution is -2.40. The van der Waals surface area contributed by atoms with Crippen molar-refractivity contribution >= 4 is 22.7 Å². The first kappa shape index (κ1) is 17.7. The lowest BCUT2D eigenvalue weighted by molar-refractivity contribution is 0.0839.